The summed E-state index contributed by atoms with van der Waals surface area (Å²) in [5.41, 5.74) is 2.92. The van der Waals surface area contributed by atoms with Crippen LogP contribution < -0.4 is 15.4 Å². The number of amidine groups is 1. The summed E-state index contributed by atoms with van der Waals surface area (Å²) in [5, 5.41) is 5.83. The quantitative estimate of drug-likeness (QED) is 0.488. The van der Waals surface area contributed by atoms with Crippen LogP contribution >= 0.6 is 0 Å². The predicted molar refractivity (Wildman–Crippen MR) is 128 cm³/mol. The van der Waals surface area contributed by atoms with Crippen LogP contribution in [-0.4, -0.2) is 32.6 Å². The Labute approximate surface area is 193 Å². The average Bonchev–Trinajstić information content (AvgIpc) is 3.59. The number of carbonyl (C=O) groups is 2. The molecule has 174 valence electrons. The largest absolute Gasteiger partial charge is 0.326 e. The van der Waals surface area contributed by atoms with Crippen molar-refractivity contribution in [2.24, 2.45) is 10.9 Å². The van der Waals surface area contributed by atoms with Crippen LogP contribution in [0.15, 0.2) is 52.4 Å². The minimum atomic E-state index is -3.51. The number of hydrogen-bond acceptors (Lipinski definition) is 5. The molecule has 0 aromatic heterocycles. The van der Waals surface area contributed by atoms with Gasteiger partial charge in [0.25, 0.3) is 10.0 Å². The second kappa shape index (κ2) is 9.74. The third-order valence-corrected chi connectivity index (χ3v) is 7.12. The van der Waals surface area contributed by atoms with E-state index in [0.717, 1.165) is 31.2 Å². The maximum atomic E-state index is 12.4. The van der Waals surface area contributed by atoms with Gasteiger partial charge in [-0.25, -0.2) is 8.42 Å². The molecule has 3 N–H and O–H groups in total. The minimum absolute atomic E-state index is 0.0357. The molecule has 0 unspecified atom stereocenters. The van der Waals surface area contributed by atoms with Crippen LogP contribution in [0.25, 0.3) is 0 Å². The van der Waals surface area contributed by atoms with Crippen LogP contribution in [0, 0.1) is 12.8 Å². The summed E-state index contributed by atoms with van der Waals surface area (Å²) in [4.78, 5) is 29.0. The fourth-order valence-electron chi connectivity index (χ4n) is 3.65. The van der Waals surface area contributed by atoms with E-state index in [1.54, 1.807) is 30.3 Å². The number of fused-ring (bicyclic) bond motifs is 1. The van der Waals surface area contributed by atoms with E-state index in [0.29, 0.717) is 42.2 Å². The minimum Gasteiger partial charge on any atom is -0.326 e. The molecule has 2 aliphatic rings. The van der Waals surface area contributed by atoms with Crippen LogP contribution in [0.4, 0.5) is 11.4 Å². The molecule has 8 nitrogen and oxygen atoms in total. The highest BCUT2D eigenvalue weighted by Crippen LogP contribution is 2.31. The zero-order valence-corrected chi connectivity index (χ0v) is 19.4. The second-order valence-corrected chi connectivity index (χ2v) is 10.1. The van der Waals surface area contributed by atoms with E-state index in [1.807, 2.05) is 19.1 Å². The molecule has 1 heterocycles. The lowest BCUT2D eigenvalue weighted by Gasteiger charge is -2.11. The third-order valence-electron chi connectivity index (χ3n) is 5.72. The molecule has 2 aromatic carbocycles. The fourth-order valence-corrected chi connectivity index (χ4v) is 4.90. The molecule has 1 aliphatic heterocycles. The monoisotopic (exact) mass is 468 g/mol. The number of aliphatic imine (C=N–C) groups is 1. The first-order valence-electron chi connectivity index (χ1n) is 11.2. The van der Waals surface area contributed by atoms with E-state index >= 15 is 0 Å². The standard InChI is InChI=1S/C24H28N4O4S/c1-16-10-13-18(26-24(30)17-11-12-17)15-20(16)27-22(29)9-3-2-6-14-25-23-19-7-4-5-8-21(19)33(31,32)28-23/h4-5,7-8,10,13,15,17H,2-3,6,9,11-12,14H2,1H3,(H,25,28)(H,26,30)(H,27,29). The maximum Gasteiger partial charge on any atom is 0.263 e. The summed E-state index contributed by atoms with van der Waals surface area (Å²) in [7, 11) is -3.51. The smallest absolute Gasteiger partial charge is 0.263 e. The average molecular weight is 469 g/mol. The number of aryl methyl sites for hydroxylation is 1. The molecule has 2 aromatic rings. The lowest BCUT2D eigenvalue weighted by Crippen LogP contribution is -2.22. The van der Waals surface area contributed by atoms with Crippen LogP contribution in [0.5, 0.6) is 0 Å². The molecular formula is C24H28N4O4S. The molecule has 0 bridgehead atoms. The maximum absolute atomic E-state index is 12.4. The molecule has 4 rings (SSSR count). The molecule has 1 saturated carbocycles. The van der Waals surface area contributed by atoms with Crippen molar-refractivity contribution in [2.75, 3.05) is 17.2 Å². The van der Waals surface area contributed by atoms with Crippen LogP contribution in [-0.2, 0) is 19.6 Å². The van der Waals surface area contributed by atoms with Gasteiger partial charge in [-0.1, -0.05) is 24.6 Å². The number of rotatable bonds is 9. The van der Waals surface area contributed by atoms with Gasteiger partial charge in [-0.2, -0.15) is 0 Å². The molecule has 0 saturated heterocycles. The Morgan fingerprint density at radius 3 is 2.64 bits per heavy atom. The van der Waals surface area contributed by atoms with Crippen molar-refractivity contribution in [1.82, 2.24) is 4.72 Å². The van der Waals surface area contributed by atoms with Crippen molar-refractivity contribution < 1.29 is 18.0 Å². The van der Waals surface area contributed by atoms with Crippen LogP contribution in [0.1, 0.15) is 49.7 Å². The number of carbonyl (C=O) groups excluding carboxylic acids is 2. The fraction of sp³-hybridized carbons (Fsp3) is 0.375. The molecule has 0 atom stereocenters. The molecule has 0 spiro atoms. The van der Waals surface area contributed by atoms with Gasteiger partial charge in [0.2, 0.25) is 11.8 Å². The van der Waals surface area contributed by atoms with Crippen LogP contribution in [0.2, 0.25) is 0 Å². The topological polar surface area (TPSA) is 117 Å². The van der Waals surface area contributed by atoms with Gasteiger partial charge < -0.3 is 10.6 Å². The van der Waals surface area contributed by atoms with Gasteiger partial charge in [-0.05, 0) is 62.4 Å². The first-order valence-corrected chi connectivity index (χ1v) is 12.7. The van der Waals surface area contributed by atoms with Crippen molar-refractivity contribution in [3.63, 3.8) is 0 Å². The van der Waals surface area contributed by atoms with E-state index in [4.69, 9.17) is 0 Å². The number of hydrogen-bond donors (Lipinski definition) is 3. The van der Waals surface area contributed by atoms with Gasteiger partial charge in [0.05, 0.1) is 4.90 Å². The van der Waals surface area contributed by atoms with E-state index in [9.17, 15) is 18.0 Å². The molecule has 9 heteroatoms. The number of nitrogens with one attached hydrogen (secondary N) is 3. The summed E-state index contributed by atoms with van der Waals surface area (Å²) in [5.74, 6) is 0.465. The lowest BCUT2D eigenvalue weighted by molar-refractivity contribution is -0.117. The van der Waals surface area contributed by atoms with Gasteiger partial charge in [-0.15, -0.1) is 0 Å². The first-order chi connectivity index (χ1) is 15.8. The van der Waals surface area contributed by atoms with Gasteiger partial charge in [0.15, 0.2) is 0 Å². The molecular weight excluding hydrogens is 440 g/mol. The SMILES string of the molecule is Cc1ccc(NC(=O)C2CC2)cc1NC(=O)CCCCCN=C1NS(=O)(=O)c2ccccc21. The van der Waals surface area contributed by atoms with Crippen molar-refractivity contribution in [1.29, 1.82) is 0 Å². The van der Waals surface area contributed by atoms with Gasteiger partial charge in [0.1, 0.15) is 5.84 Å². The Morgan fingerprint density at radius 2 is 1.85 bits per heavy atom. The lowest BCUT2D eigenvalue weighted by atomic mass is 10.1. The van der Waals surface area contributed by atoms with Gasteiger partial charge in [0, 0.05) is 35.8 Å². The van der Waals surface area contributed by atoms with Crippen molar-refractivity contribution >= 4 is 39.0 Å². The Morgan fingerprint density at radius 1 is 1.06 bits per heavy atom. The first kappa shape index (κ1) is 23.0. The predicted octanol–water partition coefficient (Wildman–Crippen LogP) is 3.58. The summed E-state index contributed by atoms with van der Waals surface area (Å²) in [6.07, 6.45) is 4.52. The highest BCUT2D eigenvalue weighted by atomic mass is 32.2. The van der Waals surface area contributed by atoms with E-state index in [1.165, 1.54) is 0 Å². The zero-order valence-electron chi connectivity index (χ0n) is 18.6. The summed E-state index contributed by atoms with van der Waals surface area (Å²) >= 11 is 0. The number of unbranched alkanes of at least 4 members (excludes halogenated alkanes) is 2. The number of anilines is 2. The van der Waals surface area contributed by atoms with E-state index in [-0.39, 0.29) is 22.6 Å². The van der Waals surface area contributed by atoms with Gasteiger partial charge in [-0.3, -0.25) is 19.3 Å². The second-order valence-electron chi connectivity index (χ2n) is 8.48. The molecule has 1 aliphatic carbocycles. The van der Waals surface area contributed by atoms with Crippen LogP contribution in [0.3, 0.4) is 0 Å². The normalized spacial score (nSPS) is 17.3. The van der Waals surface area contributed by atoms with Gasteiger partial charge >= 0.3 is 0 Å². The molecule has 2 amide bonds. The van der Waals surface area contributed by atoms with E-state index in [2.05, 4.69) is 20.3 Å². The molecule has 1 fully saturated rings. The third kappa shape index (κ3) is 5.78. The van der Waals surface area contributed by atoms with Crippen molar-refractivity contribution in [3.05, 3.63) is 53.6 Å². The Bertz CT molecular complexity index is 1200. The number of amides is 2. The van der Waals surface area contributed by atoms with Crippen molar-refractivity contribution in [2.45, 2.75) is 50.3 Å². The number of nitrogens with zero attached hydrogens (tertiary/aromatic N) is 1. The highest BCUT2D eigenvalue weighted by molar-refractivity contribution is 7.90. The number of sulfonamides is 1. The zero-order chi connectivity index (χ0) is 23.4. The Kier molecular flexibility index (Phi) is 6.78. The number of benzene rings is 2. The molecule has 33 heavy (non-hydrogen) atoms. The Hall–Kier alpha value is -3.20. The highest BCUT2D eigenvalue weighted by Gasteiger charge is 2.30. The summed E-state index contributed by atoms with van der Waals surface area (Å²) in [6, 6.07) is 12.3. The summed E-state index contributed by atoms with van der Waals surface area (Å²) in [6.45, 7) is 2.40. The Balaban J connectivity index is 1.21. The molecule has 0 radical (unpaired) electrons. The van der Waals surface area contributed by atoms with Crippen molar-refractivity contribution in [3.8, 4) is 0 Å². The van der Waals surface area contributed by atoms with E-state index < -0.39 is 10.0 Å². The summed E-state index contributed by atoms with van der Waals surface area (Å²) < 4.78 is 26.7.